The highest BCUT2D eigenvalue weighted by atomic mass is 16.6. The van der Waals surface area contributed by atoms with Crippen molar-refractivity contribution in [2.75, 3.05) is 12.4 Å². The van der Waals surface area contributed by atoms with Gasteiger partial charge in [0.2, 0.25) is 0 Å². The third-order valence-electron chi connectivity index (χ3n) is 5.35. The number of hydrogen-bond acceptors (Lipinski definition) is 6. The number of aromatic carboxylic acids is 1. The molecule has 2 aromatic carbocycles. The zero-order valence-electron chi connectivity index (χ0n) is 14.5. The van der Waals surface area contributed by atoms with Crippen LogP contribution in [-0.2, 0) is 0 Å². The van der Waals surface area contributed by atoms with Gasteiger partial charge in [-0.3, -0.25) is 10.1 Å². The van der Waals surface area contributed by atoms with Gasteiger partial charge in [0.05, 0.1) is 35.8 Å². The monoisotopic (exact) mass is 365 g/mol. The number of carboxylic acid groups (broad SMARTS) is 1. The van der Waals surface area contributed by atoms with Gasteiger partial charge in [-0.15, -0.1) is 0 Å². The molecule has 1 heterocycles. The lowest BCUT2D eigenvalue weighted by Crippen LogP contribution is -2.29. The van der Waals surface area contributed by atoms with Crippen molar-refractivity contribution < 1.29 is 19.6 Å². The van der Waals surface area contributed by atoms with Crippen LogP contribution in [0.15, 0.2) is 48.6 Å². The minimum atomic E-state index is -1.21. The Morgan fingerprint density at radius 1 is 1.26 bits per heavy atom. The number of carbonyl (C=O) groups excluding carboxylic acids is 1. The van der Waals surface area contributed by atoms with E-state index in [1.165, 1.54) is 25.3 Å². The molecule has 0 saturated carbocycles. The summed E-state index contributed by atoms with van der Waals surface area (Å²) in [4.78, 5) is 21.9. The van der Waals surface area contributed by atoms with Crippen LogP contribution in [0.1, 0.15) is 39.9 Å². The van der Waals surface area contributed by atoms with Crippen molar-refractivity contribution in [3.8, 4) is 5.75 Å². The van der Waals surface area contributed by atoms with Gasteiger partial charge < -0.3 is 20.0 Å². The predicted octanol–water partition coefficient (Wildman–Crippen LogP) is 2.79. The Labute approximate surface area is 155 Å². The lowest BCUT2D eigenvalue weighted by Gasteiger charge is -2.38. The van der Waals surface area contributed by atoms with Crippen molar-refractivity contribution in [2.24, 2.45) is 5.92 Å². The van der Waals surface area contributed by atoms with Crippen molar-refractivity contribution in [3.05, 3.63) is 75.4 Å². The molecule has 0 unspecified atom stereocenters. The standard InChI is InChI=1S/C20H18N2O5/c1-27-17-10-13(22(25)26)9-16-14-3-2-4-15(14)18(21-19(16)17)11-5-7-12(8-6-11)20(23)24/h2-3,5-10,14-15,18,21H,4H2,1H3,(H,23,24)/p-1/t14-,15+,18-/m1/s1. The number of ether oxygens (including phenoxy) is 1. The van der Waals surface area contributed by atoms with E-state index in [4.69, 9.17) is 4.74 Å². The average molecular weight is 365 g/mol. The Balaban J connectivity index is 1.79. The van der Waals surface area contributed by atoms with Crippen molar-refractivity contribution in [2.45, 2.75) is 18.4 Å². The molecule has 7 nitrogen and oxygen atoms in total. The number of non-ortho nitro benzene ring substituents is 1. The van der Waals surface area contributed by atoms with Gasteiger partial charge >= 0.3 is 0 Å². The van der Waals surface area contributed by atoms with E-state index in [-0.39, 0.29) is 29.1 Å². The number of rotatable bonds is 4. The zero-order valence-corrected chi connectivity index (χ0v) is 14.5. The number of anilines is 1. The molecule has 27 heavy (non-hydrogen) atoms. The molecule has 0 aromatic heterocycles. The number of benzene rings is 2. The van der Waals surface area contributed by atoms with Gasteiger partial charge in [0.25, 0.3) is 5.69 Å². The van der Waals surface area contributed by atoms with Crippen LogP contribution in [0.3, 0.4) is 0 Å². The minimum absolute atomic E-state index is 0.00297. The number of hydrogen-bond donors (Lipinski definition) is 1. The van der Waals surface area contributed by atoms with Crippen molar-refractivity contribution >= 4 is 17.3 Å². The molecule has 3 atom stereocenters. The average Bonchev–Trinajstić information content (AvgIpc) is 3.16. The largest absolute Gasteiger partial charge is 0.545 e. The number of nitro groups is 1. The second-order valence-corrected chi connectivity index (χ2v) is 6.75. The number of carboxylic acids is 1. The van der Waals surface area contributed by atoms with E-state index in [9.17, 15) is 20.0 Å². The fourth-order valence-corrected chi connectivity index (χ4v) is 4.07. The molecular formula is C20H17N2O5-. The van der Waals surface area contributed by atoms with Crippen LogP contribution >= 0.6 is 0 Å². The maximum Gasteiger partial charge on any atom is 0.273 e. The lowest BCUT2D eigenvalue weighted by atomic mass is 9.76. The number of carbonyl (C=O) groups is 1. The van der Waals surface area contributed by atoms with Crippen LogP contribution in [-0.4, -0.2) is 18.0 Å². The number of nitrogens with one attached hydrogen (secondary N) is 1. The maximum absolute atomic E-state index is 11.3. The Bertz CT molecular complexity index is 952. The number of allylic oxidation sites excluding steroid dienone is 2. The molecule has 2 aliphatic rings. The zero-order chi connectivity index (χ0) is 19.1. The van der Waals surface area contributed by atoms with Crippen LogP contribution < -0.4 is 15.2 Å². The van der Waals surface area contributed by atoms with Gasteiger partial charge in [0, 0.05) is 12.0 Å². The summed E-state index contributed by atoms with van der Waals surface area (Å²) in [6.45, 7) is 0. The van der Waals surface area contributed by atoms with E-state index in [1.807, 2.05) is 0 Å². The molecule has 1 N–H and O–H groups in total. The number of nitrogens with zero attached hydrogens (tertiary/aromatic N) is 1. The molecule has 0 bridgehead atoms. The van der Waals surface area contributed by atoms with E-state index in [2.05, 4.69) is 17.5 Å². The molecule has 0 fully saturated rings. The van der Waals surface area contributed by atoms with Crippen molar-refractivity contribution in [1.29, 1.82) is 0 Å². The van der Waals surface area contributed by atoms with Crippen LogP contribution in [0.25, 0.3) is 0 Å². The number of nitro benzene ring substituents is 1. The van der Waals surface area contributed by atoms with E-state index in [0.29, 0.717) is 5.75 Å². The van der Waals surface area contributed by atoms with Crippen molar-refractivity contribution in [3.63, 3.8) is 0 Å². The Kier molecular flexibility index (Phi) is 4.07. The van der Waals surface area contributed by atoms with Crippen LogP contribution in [0.4, 0.5) is 11.4 Å². The Morgan fingerprint density at radius 3 is 2.63 bits per heavy atom. The molecule has 0 amide bonds. The van der Waals surface area contributed by atoms with Gasteiger partial charge in [-0.25, -0.2) is 0 Å². The highest BCUT2D eigenvalue weighted by Crippen LogP contribution is 2.53. The first-order chi connectivity index (χ1) is 13.0. The molecular weight excluding hydrogens is 348 g/mol. The smallest absolute Gasteiger partial charge is 0.273 e. The van der Waals surface area contributed by atoms with Crippen LogP contribution in [0.5, 0.6) is 5.75 Å². The number of methoxy groups -OCH3 is 1. The third-order valence-corrected chi connectivity index (χ3v) is 5.35. The Morgan fingerprint density at radius 2 is 2.00 bits per heavy atom. The van der Waals surface area contributed by atoms with E-state index < -0.39 is 10.9 Å². The quantitative estimate of drug-likeness (QED) is 0.507. The summed E-state index contributed by atoms with van der Waals surface area (Å²) in [5, 5.41) is 25.7. The topological polar surface area (TPSA) is 105 Å². The van der Waals surface area contributed by atoms with Gasteiger partial charge in [0.1, 0.15) is 5.75 Å². The fraction of sp³-hybridized carbons (Fsp3) is 0.250. The molecule has 138 valence electrons. The summed E-state index contributed by atoms with van der Waals surface area (Å²) in [6, 6.07) is 9.58. The van der Waals surface area contributed by atoms with E-state index in [1.54, 1.807) is 18.2 Å². The molecule has 7 heteroatoms. The summed E-state index contributed by atoms with van der Waals surface area (Å²) >= 11 is 0. The van der Waals surface area contributed by atoms with Crippen molar-refractivity contribution in [1.82, 2.24) is 0 Å². The van der Waals surface area contributed by atoms with Gasteiger partial charge in [-0.1, -0.05) is 36.4 Å². The molecule has 4 rings (SSSR count). The van der Waals surface area contributed by atoms with E-state index >= 15 is 0 Å². The fourth-order valence-electron chi connectivity index (χ4n) is 4.07. The summed E-state index contributed by atoms with van der Waals surface area (Å²) < 4.78 is 5.41. The molecule has 1 aliphatic heterocycles. The van der Waals surface area contributed by atoms with Gasteiger partial charge in [-0.2, -0.15) is 0 Å². The summed E-state index contributed by atoms with van der Waals surface area (Å²) in [6.07, 6.45) is 4.99. The van der Waals surface area contributed by atoms with Gasteiger partial charge in [0.15, 0.2) is 0 Å². The van der Waals surface area contributed by atoms with Crippen LogP contribution in [0, 0.1) is 16.0 Å². The summed E-state index contributed by atoms with van der Waals surface area (Å²) in [5.74, 6) is -0.578. The minimum Gasteiger partial charge on any atom is -0.545 e. The first kappa shape index (κ1) is 17.1. The summed E-state index contributed by atoms with van der Waals surface area (Å²) in [5.41, 5.74) is 2.67. The third kappa shape index (κ3) is 2.81. The second kappa shape index (κ2) is 6.42. The molecule has 1 aliphatic carbocycles. The lowest BCUT2D eigenvalue weighted by molar-refractivity contribution is -0.385. The second-order valence-electron chi connectivity index (χ2n) is 6.75. The molecule has 0 saturated heterocycles. The van der Waals surface area contributed by atoms with E-state index in [0.717, 1.165) is 23.2 Å². The maximum atomic E-state index is 11.3. The highest BCUT2D eigenvalue weighted by molar-refractivity contribution is 5.85. The molecule has 0 radical (unpaired) electrons. The van der Waals surface area contributed by atoms with Gasteiger partial charge in [-0.05, 0) is 29.0 Å². The highest BCUT2D eigenvalue weighted by Gasteiger charge is 2.40. The Hall–Kier alpha value is -3.35. The SMILES string of the molecule is COc1cc([N+](=O)[O-])cc2c1N[C@H](c1ccc(C(=O)[O-])cc1)[C@H]1CC=C[C@@H]21. The molecule has 2 aromatic rings. The number of fused-ring (bicyclic) bond motifs is 3. The first-order valence-corrected chi connectivity index (χ1v) is 8.60. The normalized spacial score (nSPS) is 22.5. The summed E-state index contributed by atoms with van der Waals surface area (Å²) in [7, 11) is 1.49. The predicted molar refractivity (Wildman–Crippen MR) is 96.8 cm³/mol. The molecule has 0 spiro atoms. The first-order valence-electron chi connectivity index (χ1n) is 8.60. The van der Waals surface area contributed by atoms with Crippen LogP contribution in [0.2, 0.25) is 0 Å².